The lowest BCUT2D eigenvalue weighted by Crippen LogP contribution is -2.44. The van der Waals surface area contributed by atoms with Gasteiger partial charge in [0.25, 0.3) is 0 Å². The van der Waals surface area contributed by atoms with Gasteiger partial charge in [-0.15, -0.1) is 11.3 Å². The van der Waals surface area contributed by atoms with Crippen LogP contribution in [0.3, 0.4) is 0 Å². The van der Waals surface area contributed by atoms with Gasteiger partial charge in [0.05, 0.1) is 35.5 Å². The molecule has 0 fully saturated rings. The second kappa shape index (κ2) is 6.89. The standard InChI is InChI=1S/C13H13N5O3S3/c1-8(13(19)14-5-9-6-22-7-15-9)18-24(20,21)11-4-2-3-10-12(11)17-23-16-10/h2-4,6-8,18H,5H2,1H3,(H,14,19). The second-order valence-corrected chi connectivity index (χ2v) is 7.86. The highest BCUT2D eigenvalue weighted by atomic mass is 32.2. The molecular weight excluding hydrogens is 370 g/mol. The van der Waals surface area contributed by atoms with Crippen molar-refractivity contribution in [3.05, 3.63) is 34.8 Å². The molecule has 2 aromatic heterocycles. The van der Waals surface area contributed by atoms with Gasteiger partial charge in [-0.2, -0.15) is 13.5 Å². The lowest BCUT2D eigenvalue weighted by atomic mass is 10.3. The number of benzene rings is 1. The number of nitrogens with zero attached hydrogens (tertiary/aromatic N) is 3. The highest BCUT2D eigenvalue weighted by Crippen LogP contribution is 2.21. The van der Waals surface area contributed by atoms with Crippen molar-refractivity contribution in [3.63, 3.8) is 0 Å². The van der Waals surface area contributed by atoms with Crippen LogP contribution in [0.2, 0.25) is 0 Å². The van der Waals surface area contributed by atoms with Crippen LogP contribution < -0.4 is 10.0 Å². The predicted octanol–water partition coefficient (Wildman–Crippen LogP) is 1.13. The summed E-state index contributed by atoms with van der Waals surface area (Å²) in [5, 5.41) is 4.45. The van der Waals surface area contributed by atoms with Gasteiger partial charge in [0.2, 0.25) is 15.9 Å². The van der Waals surface area contributed by atoms with Crippen LogP contribution >= 0.6 is 23.1 Å². The summed E-state index contributed by atoms with van der Waals surface area (Å²) in [4.78, 5) is 16.1. The zero-order chi connectivity index (χ0) is 17.2. The fourth-order valence-corrected chi connectivity index (χ4v) is 4.53. The molecule has 3 aromatic rings. The first-order chi connectivity index (χ1) is 11.5. The quantitative estimate of drug-likeness (QED) is 0.660. The van der Waals surface area contributed by atoms with Gasteiger partial charge in [0, 0.05) is 5.38 Å². The molecule has 1 atom stereocenters. The van der Waals surface area contributed by atoms with Gasteiger partial charge < -0.3 is 5.32 Å². The number of nitrogens with one attached hydrogen (secondary N) is 2. The minimum absolute atomic E-state index is 0.00732. The Morgan fingerprint density at radius 1 is 1.33 bits per heavy atom. The van der Waals surface area contributed by atoms with Crippen molar-refractivity contribution in [1.29, 1.82) is 0 Å². The number of rotatable bonds is 6. The Bertz CT molecular complexity index is 952. The van der Waals surface area contributed by atoms with E-state index in [1.165, 1.54) is 24.3 Å². The molecule has 1 unspecified atom stereocenters. The van der Waals surface area contributed by atoms with E-state index in [9.17, 15) is 13.2 Å². The molecule has 0 saturated carbocycles. The number of sulfonamides is 1. The van der Waals surface area contributed by atoms with Crippen LogP contribution in [-0.2, 0) is 21.4 Å². The van der Waals surface area contributed by atoms with E-state index in [2.05, 4.69) is 23.8 Å². The molecule has 2 N–H and O–H groups in total. The monoisotopic (exact) mass is 383 g/mol. The topological polar surface area (TPSA) is 114 Å². The molecule has 0 aliphatic carbocycles. The number of carbonyl (C=O) groups excluding carboxylic acids is 1. The first-order valence-electron chi connectivity index (χ1n) is 6.86. The normalized spacial score (nSPS) is 13.0. The third-order valence-corrected chi connectivity index (χ3v) is 5.94. The average Bonchev–Trinajstić information content (AvgIpc) is 3.22. The molecular formula is C13H13N5O3S3. The van der Waals surface area contributed by atoms with Gasteiger partial charge in [-0.25, -0.2) is 13.4 Å². The third-order valence-electron chi connectivity index (χ3n) is 3.19. The van der Waals surface area contributed by atoms with Crippen LogP contribution in [0.15, 0.2) is 34.0 Å². The Labute approximate surface area is 146 Å². The number of hydrogen-bond donors (Lipinski definition) is 2. The van der Waals surface area contributed by atoms with Gasteiger partial charge in [-0.05, 0) is 19.1 Å². The van der Waals surface area contributed by atoms with Crippen molar-refractivity contribution >= 4 is 50.0 Å². The molecule has 0 saturated heterocycles. The Kier molecular flexibility index (Phi) is 4.85. The van der Waals surface area contributed by atoms with E-state index in [0.29, 0.717) is 11.0 Å². The van der Waals surface area contributed by atoms with Crippen LogP contribution in [0.4, 0.5) is 0 Å². The van der Waals surface area contributed by atoms with E-state index in [0.717, 1.165) is 17.4 Å². The molecule has 2 heterocycles. The Balaban J connectivity index is 1.71. The Hall–Kier alpha value is -1.95. The molecule has 1 aromatic carbocycles. The molecule has 24 heavy (non-hydrogen) atoms. The third kappa shape index (κ3) is 3.59. The summed E-state index contributed by atoms with van der Waals surface area (Å²) < 4.78 is 35.4. The van der Waals surface area contributed by atoms with Crippen molar-refractivity contribution in [2.75, 3.05) is 0 Å². The summed E-state index contributed by atoms with van der Waals surface area (Å²) >= 11 is 2.36. The van der Waals surface area contributed by atoms with Gasteiger partial charge in [-0.1, -0.05) is 6.07 Å². The van der Waals surface area contributed by atoms with E-state index in [-0.39, 0.29) is 11.4 Å². The van der Waals surface area contributed by atoms with E-state index < -0.39 is 22.0 Å². The first-order valence-corrected chi connectivity index (χ1v) is 10.0. The lowest BCUT2D eigenvalue weighted by Gasteiger charge is -2.14. The average molecular weight is 383 g/mol. The van der Waals surface area contributed by atoms with Crippen molar-refractivity contribution in [2.24, 2.45) is 0 Å². The molecule has 11 heteroatoms. The smallest absolute Gasteiger partial charge is 0.243 e. The van der Waals surface area contributed by atoms with E-state index in [4.69, 9.17) is 0 Å². The van der Waals surface area contributed by atoms with E-state index >= 15 is 0 Å². The second-order valence-electron chi connectivity index (χ2n) is 4.93. The van der Waals surface area contributed by atoms with E-state index in [1.807, 2.05) is 5.38 Å². The number of fused-ring (bicyclic) bond motifs is 1. The van der Waals surface area contributed by atoms with Gasteiger partial charge in [0.15, 0.2) is 0 Å². The van der Waals surface area contributed by atoms with Crippen LogP contribution in [-0.4, -0.2) is 34.1 Å². The minimum Gasteiger partial charge on any atom is -0.349 e. The molecule has 3 rings (SSSR count). The zero-order valence-corrected chi connectivity index (χ0v) is 14.9. The van der Waals surface area contributed by atoms with Crippen molar-refractivity contribution in [2.45, 2.75) is 24.4 Å². The van der Waals surface area contributed by atoms with E-state index in [1.54, 1.807) is 17.6 Å². The maximum atomic E-state index is 12.5. The molecule has 8 nitrogen and oxygen atoms in total. The number of amides is 1. The molecule has 0 aliphatic heterocycles. The lowest BCUT2D eigenvalue weighted by molar-refractivity contribution is -0.122. The van der Waals surface area contributed by atoms with Crippen molar-refractivity contribution < 1.29 is 13.2 Å². The maximum Gasteiger partial charge on any atom is 0.243 e. The van der Waals surface area contributed by atoms with Crippen molar-refractivity contribution in [3.8, 4) is 0 Å². The van der Waals surface area contributed by atoms with Crippen LogP contribution in [0.1, 0.15) is 12.6 Å². The summed E-state index contributed by atoms with van der Waals surface area (Å²) in [7, 11) is -3.89. The van der Waals surface area contributed by atoms with Gasteiger partial charge >= 0.3 is 0 Å². The Morgan fingerprint density at radius 2 is 2.17 bits per heavy atom. The fourth-order valence-electron chi connectivity index (χ4n) is 2.00. The van der Waals surface area contributed by atoms with Crippen LogP contribution in [0, 0.1) is 0 Å². The summed E-state index contributed by atoms with van der Waals surface area (Å²) in [6.07, 6.45) is 0. The van der Waals surface area contributed by atoms with Gasteiger partial charge in [-0.3, -0.25) is 4.79 Å². The first kappa shape index (κ1) is 16.9. The van der Waals surface area contributed by atoms with Crippen LogP contribution in [0.5, 0.6) is 0 Å². The molecule has 0 radical (unpaired) electrons. The minimum atomic E-state index is -3.89. The van der Waals surface area contributed by atoms with Crippen LogP contribution in [0.25, 0.3) is 11.0 Å². The fraction of sp³-hybridized carbons (Fsp3) is 0.231. The summed E-state index contributed by atoms with van der Waals surface area (Å²) in [6.45, 7) is 1.73. The summed E-state index contributed by atoms with van der Waals surface area (Å²) in [5.41, 5.74) is 3.19. The number of aromatic nitrogens is 3. The molecule has 1 amide bonds. The maximum absolute atomic E-state index is 12.5. The van der Waals surface area contributed by atoms with Gasteiger partial charge in [0.1, 0.15) is 15.9 Å². The molecule has 0 spiro atoms. The SMILES string of the molecule is CC(NS(=O)(=O)c1cccc2nsnc12)C(=O)NCc1cscn1. The Morgan fingerprint density at radius 3 is 2.92 bits per heavy atom. The zero-order valence-electron chi connectivity index (χ0n) is 12.5. The molecule has 126 valence electrons. The number of thiazole rings is 1. The molecule has 0 bridgehead atoms. The molecule has 0 aliphatic rings. The number of carbonyl (C=O) groups is 1. The van der Waals surface area contributed by atoms with Crippen molar-refractivity contribution in [1.82, 2.24) is 23.8 Å². The predicted molar refractivity (Wildman–Crippen MR) is 91.2 cm³/mol. The largest absolute Gasteiger partial charge is 0.349 e. The summed E-state index contributed by atoms with van der Waals surface area (Å²) in [5.74, 6) is -0.435. The highest BCUT2D eigenvalue weighted by Gasteiger charge is 2.24. The highest BCUT2D eigenvalue weighted by molar-refractivity contribution is 7.89. The number of hydrogen-bond acceptors (Lipinski definition) is 8. The summed E-state index contributed by atoms with van der Waals surface area (Å²) in [6, 6.07) is 3.77.